The topological polar surface area (TPSA) is 20.2 Å². The first-order chi connectivity index (χ1) is 9.10. The van der Waals surface area contributed by atoms with Crippen molar-refractivity contribution in [2.75, 3.05) is 0 Å². The Hall–Kier alpha value is -0.820. The van der Waals surface area contributed by atoms with E-state index in [4.69, 9.17) is 0 Å². The molecule has 0 aromatic heterocycles. The third-order valence-corrected chi connectivity index (χ3v) is 4.82. The number of aliphatic hydroxyl groups is 1. The van der Waals surface area contributed by atoms with Crippen LogP contribution in [0.2, 0.25) is 0 Å². The van der Waals surface area contributed by atoms with Gasteiger partial charge in [-0.05, 0) is 68.1 Å². The van der Waals surface area contributed by atoms with E-state index in [1.54, 1.807) is 0 Å². The normalized spacial score (nSPS) is 27.5. The van der Waals surface area contributed by atoms with Crippen molar-refractivity contribution >= 4 is 0 Å². The highest BCUT2D eigenvalue weighted by atomic mass is 16.3. The number of hydrogen-bond acceptors (Lipinski definition) is 1. The van der Waals surface area contributed by atoms with Crippen LogP contribution in [0.4, 0.5) is 0 Å². The molecule has 1 saturated carbocycles. The van der Waals surface area contributed by atoms with Crippen molar-refractivity contribution in [1.82, 2.24) is 0 Å². The lowest BCUT2D eigenvalue weighted by Gasteiger charge is -2.33. The maximum absolute atomic E-state index is 10.2. The number of hydrogen-bond donors (Lipinski definition) is 1. The second kappa shape index (κ2) is 6.56. The van der Waals surface area contributed by atoms with Crippen molar-refractivity contribution in [1.29, 1.82) is 0 Å². The summed E-state index contributed by atoms with van der Waals surface area (Å²) in [4.78, 5) is 0. The molecule has 0 aliphatic heterocycles. The molecule has 1 fully saturated rings. The van der Waals surface area contributed by atoms with Gasteiger partial charge in [-0.3, -0.25) is 0 Å². The maximum atomic E-state index is 10.2. The van der Waals surface area contributed by atoms with Crippen molar-refractivity contribution in [3.63, 3.8) is 0 Å². The van der Waals surface area contributed by atoms with E-state index >= 15 is 0 Å². The Kier molecular flexibility index (Phi) is 5.04. The third-order valence-electron chi connectivity index (χ3n) is 4.82. The molecule has 1 aliphatic rings. The van der Waals surface area contributed by atoms with Gasteiger partial charge in [-0.1, -0.05) is 38.0 Å². The molecule has 1 aromatic carbocycles. The zero-order chi connectivity index (χ0) is 13.8. The van der Waals surface area contributed by atoms with Gasteiger partial charge in [0.25, 0.3) is 0 Å². The molecule has 0 radical (unpaired) electrons. The predicted octanol–water partition coefficient (Wildman–Crippen LogP) is 4.42. The van der Waals surface area contributed by atoms with Crippen LogP contribution in [0.5, 0.6) is 0 Å². The fourth-order valence-corrected chi connectivity index (χ4v) is 3.47. The van der Waals surface area contributed by atoms with Crippen LogP contribution in [0.15, 0.2) is 18.2 Å². The summed E-state index contributed by atoms with van der Waals surface area (Å²) in [5.41, 5.74) is 4.12. The van der Waals surface area contributed by atoms with Crippen molar-refractivity contribution in [2.24, 2.45) is 11.8 Å². The lowest BCUT2D eigenvalue weighted by molar-refractivity contribution is 0.0463. The molecule has 3 unspecified atom stereocenters. The van der Waals surface area contributed by atoms with Crippen molar-refractivity contribution < 1.29 is 5.11 Å². The molecule has 1 heteroatoms. The zero-order valence-corrected chi connectivity index (χ0v) is 12.7. The molecule has 0 amide bonds. The van der Waals surface area contributed by atoms with Crippen molar-refractivity contribution in [3.8, 4) is 0 Å². The average molecular weight is 260 g/mol. The average Bonchev–Trinajstić information content (AvgIpc) is 2.38. The summed E-state index contributed by atoms with van der Waals surface area (Å²) < 4.78 is 0. The second-order valence-corrected chi connectivity index (χ2v) is 6.42. The van der Waals surface area contributed by atoms with E-state index in [-0.39, 0.29) is 6.10 Å². The van der Waals surface area contributed by atoms with E-state index in [9.17, 15) is 5.11 Å². The van der Waals surface area contributed by atoms with Crippen LogP contribution in [-0.2, 0) is 6.42 Å². The summed E-state index contributed by atoms with van der Waals surface area (Å²) in [7, 11) is 0. The highest BCUT2D eigenvalue weighted by Crippen LogP contribution is 2.34. The zero-order valence-electron chi connectivity index (χ0n) is 12.7. The van der Waals surface area contributed by atoms with Gasteiger partial charge in [0.1, 0.15) is 0 Å². The molecule has 19 heavy (non-hydrogen) atoms. The molecule has 2 rings (SSSR count). The summed E-state index contributed by atoms with van der Waals surface area (Å²) in [6.07, 6.45) is 6.99. The van der Waals surface area contributed by atoms with Crippen molar-refractivity contribution in [2.45, 2.75) is 65.4 Å². The van der Waals surface area contributed by atoms with E-state index < -0.39 is 0 Å². The van der Waals surface area contributed by atoms with Crippen molar-refractivity contribution in [3.05, 3.63) is 34.9 Å². The minimum absolute atomic E-state index is 0.0882. The lowest BCUT2D eigenvalue weighted by Crippen LogP contribution is -2.30. The van der Waals surface area contributed by atoms with Gasteiger partial charge in [-0.15, -0.1) is 0 Å². The van der Waals surface area contributed by atoms with Gasteiger partial charge in [0.2, 0.25) is 0 Å². The van der Waals surface area contributed by atoms with Gasteiger partial charge in [0, 0.05) is 0 Å². The van der Waals surface area contributed by atoms with Crippen LogP contribution in [0.1, 0.15) is 55.7 Å². The Morgan fingerprint density at radius 1 is 1.16 bits per heavy atom. The molecule has 0 bridgehead atoms. The lowest BCUT2D eigenvalue weighted by atomic mass is 9.75. The molecule has 1 aromatic rings. The van der Waals surface area contributed by atoms with Gasteiger partial charge in [0.05, 0.1) is 6.10 Å². The molecule has 0 saturated heterocycles. The van der Waals surface area contributed by atoms with E-state index in [0.717, 1.165) is 18.8 Å². The van der Waals surface area contributed by atoms with Crippen LogP contribution in [0.3, 0.4) is 0 Å². The third kappa shape index (κ3) is 3.82. The maximum Gasteiger partial charge on any atom is 0.0571 e. The summed E-state index contributed by atoms with van der Waals surface area (Å²) in [6.45, 7) is 6.60. The summed E-state index contributed by atoms with van der Waals surface area (Å²) in [5, 5.41) is 10.2. The van der Waals surface area contributed by atoms with E-state index in [0.29, 0.717) is 5.92 Å². The fraction of sp³-hybridized carbons (Fsp3) is 0.667. The predicted molar refractivity (Wildman–Crippen MR) is 81.4 cm³/mol. The van der Waals surface area contributed by atoms with E-state index in [1.165, 1.54) is 42.4 Å². The van der Waals surface area contributed by atoms with Crippen LogP contribution in [0, 0.1) is 25.7 Å². The molecular weight excluding hydrogens is 232 g/mol. The van der Waals surface area contributed by atoms with Crippen LogP contribution in [0.25, 0.3) is 0 Å². The Labute approximate surface area is 118 Å². The van der Waals surface area contributed by atoms with Crippen LogP contribution >= 0.6 is 0 Å². The molecule has 0 heterocycles. The quantitative estimate of drug-likeness (QED) is 0.849. The van der Waals surface area contributed by atoms with Gasteiger partial charge < -0.3 is 5.11 Å². The smallest absolute Gasteiger partial charge is 0.0571 e. The van der Waals surface area contributed by atoms with Gasteiger partial charge >= 0.3 is 0 Å². The SMILES string of the molecule is CCCC1CCC(O)C(Cc2ccc(C)c(C)c2)C1. The molecule has 1 N–H and O–H groups in total. The number of aryl methyl sites for hydroxylation is 2. The molecule has 106 valence electrons. The highest BCUT2D eigenvalue weighted by molar-refractivity contribution is 5.30. The van der Waals surface area contributed by atoms with E-state index in [2.05, 4.69) is 39.0 Å². The summed E-state index contributed by atoms with van der Waals surface area (Å²) in [5.74, 6) is 1.30. The van der Waals surface area contributed by atoms with Crippen LogP contribution < -0.4 is 0 Å². The fourth-order valence-electron chi connectivity index (χ4n) is 3.47. The first-order valence-electron chi connectivity index (χ1n) is 7.84. The molecule has 3 atom stereocenters. The standard InChI is InChI=1S/C18H28O/c1-4-5-15-8-9-18(19)17(11-15)12-16-7-6-13(2)14(3)10-16/h6-7,10,15,17-19H,4-5,8-9,11-12H2,1-3H3. The number of rotatable bonds is 4. The highest BCUT2D eigenvalue weighted by Gasteiger charge is 2.28. The first-order valence-corrected chi connectivity index (χ1v) is 7.84. The molecule has 1 aliphatic carbocycles. The Bertz CT molecular complexity index is 410. The van der Waals surface area contributed by atoms with Crippen LogP contribution in [-0.4, -0.2) is 11.2 Å². The molecular formula is C18H28O. The Balaban J connectivity index is 2.01. The van der Waals surface area contributed by atoms with Gasteiger partial charge in [-0.25, -0.2) is 0 Å². The minimum atomic E-state index is -0.0882. The Morgan fingerprint density at radius 2 is 1.95 bits per heavy atom. The molecule has 0 spiro atoms. The van der Waals surface area contributed by atoms with Gasteiger partial charge in [0.15, 0.2) is 0 Å². The molecule has 1 nitrogen and oxygen atoms in total. The van der Waals surface area contributed by atoms with Gasteiger partial charge in [-0.2, -0.15) is 0 Å². The largest absolute Gasteiger partial charge is 0.393 e. The monoisotopic (exact) mass is 260 g/mol. The first kappa shape index (κ1) is 14.6. The summed E-state index contributed by atoms with van der Waals surface area (Å²) >= 11 is 0. The second-order valence-electron chi connectivity index (χ2n) is 6.42. The summed E-state index contributed by atoms with van der Waals surface area (Å²) in [6, 6.07) is 6.74. The minimum Gasteiger partial charge on any atom is -0.393 e. The number of benzene rings is 1. The Morgan fingerprint density at radius 3 is 2.63 bits per heavy atom. The number of aliphatic hydroxyl groups excluding tert-OH is 1. The van der Waals surface area contributed by atoms with E-state index in [1.807, 2.05) is 0 Å².